The van der Waals surface area contributed by atoms with E-state index >= 15 is 0 Å². The number of rotatable bonds is 4. The molecular formula is C33H21N3O3S. The number of aromatic nitrogens is 1. The van der Waals surface area contributed by atoms with Crippen molar-refractivity contribution in [2.75, 3.05) is 10.6 Å². The first-order valence-electron chi connectivity index (χ1n) is 12.7. The number of nitrogen functional groups attached to an aromatic ring is 1. The normalized spacial score (nSPS) is 12.9. The second-order valence-corrected chi connectivity index (χ2v) is 10.6. The molecule has 0 saturated carbocycles. The highest BCUT2D eigenvalue weighted by Crippen LogP contribution is 2.48. The van der Waals surface area contributed by atoms with E-state index in [1.807, 2.05) is 72.8 Å². The van der Waals surface area contributed by atoms with E-state index in [2.05, 4.69) is 0 Å². The van der Waals surface area contributed by atoms with Crippen LogP contribution in [-0.4, -0.2) is 22.6 Å². The fourth-order valence-electron chi connectivity index (χ4n) is 5.56. The second kappa shape index (κ2) is 8.97. The first-order valence-corrected chi connectivity index (χ1v) is 13.6. The summed E-state index contributed by atoms with van der Waals surface area (Å²) in [5.41, 5.74) is 11.5. The molecule has 0 saturated heterocycles. The number of fused-ring (bicyclic) bond motifs is 4. The van der Waals surface area contributed by atoms with E-state index in [1.165, 1.54) is 23.2 Å². The lowest BCUT2D eigenvalue weighted by Gasteiger charge is -2.15. The van der Waals surface area contributed by atoms with E-state index in [1.54, 1.807) is 24.3 Å². The van der Waals surface area contributed by atoms with Gasteiger partial charge in [0, 0.05) is 23.3 Å². The number of ketones is 1. The van der Waals surface area contributed by atoms with E-state index < -0.39 is 11.8 Å². The number of thiophene rings is 1. The highest BCUT2D eigenvalue weighted by molar-refractivity contribution is 7.21. The second-order valence-electron chi connectivity index (χ2n) is 9.65. The number of nitrogens with two attached hydrogens (primary N) is 1. The SMILES string of the molecule is CC(=O)c1sc2nc3cc(-c4ccccc4)c4c(c3c(-c3ccccc3)c2c1N)C(=O)N(c1ccccc1)C4=O. The minimum atomic E-state index is -0.423. The van der Waals surface area contributed by atoms with Crippen molar-refractivity contribution in [3.05, 3.63) is 113 Å². The Hall–Kier alpha value is -5.14. The van der Waals surface area contributed by atoms with E-state index in [0.29, 0.717) is 54.1 Å². The van der Waals surface area contributed by atoms with Gasteiger partial charge in [0.05, 0.1) is 32.9 Å². The van der Waals surface area contributed by atoms with Crippen molar-refractivity contribution < 1.29 is 14.4 Å². The summed E-state index contributed by atoms with van der Waals surface area (Å²) < 4.78 is 0. The quantitative estimate of drug-likeness (QED) is 0.186. The molecule has 0 aliphatic carbocycles. The van der Waals surface area contributed by atoms with Crippen LogP contribution < -0.4 is 10.6 Å². The Labute approximate surface area is 233 Å². The predicted octanol–water partition coefficient (Wildman–Crippen LogP) is 7.37. The van der Waals surface area contributed by atoms with E-state index in [0.717, 1.165) is 11.1 Å². The molecule has 7 rings (SSSR count). The van der Waals surface area contributed by atoms with Gasteiger partial charge in [-0.05, 0) is 34.9 Å². The van der Waals surface area contributed by atoms with Crippen molar-refractivity contribution in [1.29, 1.82) is 0 Å². The van der Waals surface area contributed by atoms with Gasteiger partial charge in [0.15, 0.2) is 5.78 Å². The first kappa shape index (κ1) is 23.9. The Morgan fingerprint density at radius 3 is 1.95 bits per heavy atom. The Bertz CT molecular complexity index is 2020. The largest absolute Gasteiger partial charge is 0.397 e. The first-order chi connectivity index (χ1) is 19.5. The van der Waals surface area contributed by atoms with Crippen molar-refractivity contribution in [3.8, 4) is 22.3 Å². The highest BCUT2D eigenvalue weighted by atomic mass is 32.1. The predicted molar refractivity (Wildman–Crippen MR) is 160 cm³/mol. The van der Waals surface area contributed by atoms with Gasteiger partial charge >= 0.3 is 0 Å². The minimum absolute atomic E-state index is 0.153. The number of carbonyl (C=O) groups excluding carboxylic acids is 3. The molecule has 6 aromatic rings. The molecule has 0 bridgehead atoms. The zero-order valence-corrected chi connectivity index (χ0v) is 22.2. The summed E-state index contributed by atoms with van der Waals surface area (Å²) >= 11 is 1.24. The van der Waals surface area contributed by atoms with Crippen LogP contribution >= 0.6 is 11.3 Å². The molecule has 2 amide bonds. The van der Waals surface area contributed by atoms with Gasteiger partial charge in [-0.1, -0.05) is 78.9 Å². The van der Waals surface area contributed by atoms with Gasteiger partial charge in [-0.15, -0.1) is 11.3 Å². The van der Waals surface area contributed by atoms with Crippen molar-refractivity contribution >= 4 is 61.4 Å². The van der Waals surface area contributed by atoms with E-state index in [-0.39, 0.29) is 11.3 Å². The Kier molecular flexibility index (Phi) is 5.37. The molecule has 4 aromatic carbocycles. The van der Waals surface area contributed by atoms with Crippen LogP contribution in [0.4, 0.5) is 11.4 Å². The van der Waals surface area contributed by atoms with Gasteiger partial charge in [0.2, 0.25) is 0 Å². The number of hydrogen-bond acceptors (Lipinski definition) is 6. The average molecular weight is 540 g/mol. The zero-order chi connectivity index (χ0) is 27.5. The molecule has 0 spiro atoms. The maximum absolute atomic E-state index is 14.3. The number of nitrogens with zero attached hydrogens (tertiary/aromatic N) is 2. The highest BCUT2D eigenvalue weighted by Gasteiger charge is 2.41. The molecule has 192 valence electrons. The molecule has 2 aromatic heterocycles. The van der Waals surface area contributed by atoms with Gasteiger partial charge < -0.3 is 5.73 Å². The smallest absolute Gasteiger partial charge is 0.266 e. The summed E-state index contributed by atoms with van der Waals surface area (Å²) in [5, 5.41) is 1.16. The number of Topliss-reactive ketones (excluding diaryl/α,β-unsaturated/α-hetero) is 1. The lowest BCUT2D eigenvalue weighted by molar-refractivity contribution is 0.0925. The third-order valence-corrected chi connectivity index (χ3v) is 8.47. The topological polar surface area (TPSA) is 93.4 Å². The van der Waals surface area contributed by atoms with Crippen LogP contribution in [0, 0.1) is 0 Å². The number of pyridine rings is 1. The Morgan fingerprint density at radius 2 is 1.32 bits per heavy atom. The van der Waals surface area contributed by atoms with Crippen LogP contribution in [0.3, 0.4) is 0 Å². The van der Waals surface area contributed by atoms with Gasteiger partial charge in [-0.2, -0.15) is 0 Å². The van der Waals surface area contributed by atoms with Crippen LogP contribution in [0.5, 0.6) is 0 Å². The van der Waals surface area contributed by atoms with Gasteiger partial charge in [-0.3, -0.25) is 14.4 Å². The molecule has 3 heterocycles. The molecule has 0 unspecified atom stereocenters. The molecule has 6 nitrogen and oxygen atoms in total. The number of carbonyl (C=O) groups is 3. The van der Waals surface area contributed by atoms with Crippen LogP contribution in [-0.2, 0) is 0 Å². The maximum Gasteiger partial charge on any atom is 0.266 e. The van der Waals surface area contributed by atoms with Crippen LogP contribution in [0.2, 0.25) is 0 Å². The minimum Gasteiger partial charge on any atom is -0.397 e. The molecule has 0 atom stereocenters. The average Bonchev–Trinajstić information content (AvgIpc) is 3.45. The van der Waals surface area contributed by atoms with Crippen LogP contribution in [0.25, 0.3) is 43.4 Å². The lowest BCUT2D eigenvalue weighted by atomic mass is 9.88. The van der Waals surface area contributed by atoms with Crippen molar-refractivity contribution in [1.82, 2.24) is 4.98 Å². The molecule has 1 aliphatic rings. The summed E-state index contributed by atoms with van der Waals surface area (Å²) in [6.07, 6.45) is 0. The Balaban J connectivity index is 1.69. The fourth-order valence-corrected chi connectivity index (χ4v) is 6.57. The molecule has 0 radical (unpaired) electrons. The summed E-state index contributed by atoms with van der Waals surface area (Å²) in [7, 11) is 0. The monoisotopic (exact) mass is 539 g/mol. The third kappa shape index (κ3) is 3.41. The summed E-state index contributed by atoms with van der Waals surface area (Å²) in [6.45, 7) is 1.48. The molecule has 2 N–H and O–H groups in total. The molecule has 0 fully saturated rings. The number of amides is 2. The number of imide groups is 1. The molecule has 40 heavy (non-hydrogen) atoms. The standard InChI is InChI=1S/C33H21N3O3S/c1-18(37)30-29(34)28-24(20-13-7-3-8-14-20)26-23(35-31(28)40-30)17-22(19-11-5-2-6-12-19)25-27(26)33(39)36(32(25)38)21-15-9-4-10-16-21/h2-17H,34H2,1H3. The van der Waals surface area contributed by atoms with Gasteiger partial charge in [-0.25, -0.2) is 9.88 Å². The van der Waals surface area contributed by atoms with Gasteiger partial charge in [0.25, 0.3) is 11.8 Å². The fraction of sp³-hybridized carbons (Fsp3) is 0.0303. The van der Waals surface area contributed by atoms with E-state index in [9.17, 15) is 14.4 Å². The van der Waals surface area contributed by atoms with Gasteiger partial charge in [0.1, 0.15) is 4.83 Å². The molecule has 7 heteroatoms. The maximum atomic E-state index is 14.3. The molecular weight excluding hydrogens is 518 g/mol. The number of benzene rings is 4. The summed E-state index contributed by atoms with van der Waals surface area (Å²) in [4.78, 5) is 48.2. The number of anilines is 2. The molecule has 1 aliphatic heterocycles. The van der Waals surface area contributed by atoms with Crippen molar-refractivity contribution in [2.24, 2.45) is 0 Å². The Morgan fingerprint density at radius 1 is 0.750 bits per heavy atom. The third-order valence-electron chi connectivity index (χ3n) is 7.27. The van der Waals surface area contributed by atoms with Crippen LogP contribution in [0.1, 0.15) is 37.3 Å². The summed E-state index contributed by atoms with van der Waals surface area (Å²) in [5.74, 6) is -0.970. The number of para-hydroxylation sites is 1. The number of hydrogen-bond donors (Lipinski definition) is 1. The van der Waals surface area contributed by atoms with Crippen molar-refractivity contribution in [2.45, 2.75) is 6.92 Å². The van der Waals surface area contributed by atoms with Crippen LogP contribution in [0.15, 0.2) is 97.1 Å². The summed E-state index contributed by atoms with van der Waals surface area (Å²) in [6, 6.07) is 29.9. The lowest BCUT2D eigenvalue weighted by Crippen LogP contribution is -2.29. The van der Waals surface area contributed by atoms with Crippen molar-refractivity contribution in [3.63, 3.8) is 0 Å². The zero-order valence-electron chi connectivity index (χ0n) is 21.3. The van der Waals surface area contributed by atoms with E-state index in [4.69, 9.17) is 10.7 Å².